The number of ether oxygens (including phenoxy) is 2. The van der Waals surface area contributed by atoms with Gasteiger partial charge in [0.25, 0.3) is 0 Å². The molecule has 2 amide bonds. The molecular formula is C17H15NO5. The Morgan fingerprint density at radius 2 is 1.74 bits per heavy atom. The SMILES string of the molecule is COc1ccc(C(C)=O)cc1N1C(=O)[C@@H]2[C@H](C1=O)[C@H]1C=C[C@H]2O1. The fourth-order valence-corrected chi connectivity index (χ4v) is 3.62. The van der Waals surface area contributed by atoms with Crippen LogP contribution in [-0.4, -0.2) is 36.9 Å². The van der Waals surface area contributed by atoms with Crippen molar-refractivity contribution in [1.82, 2.24) is 0 Å². The number of carbonyl (C=O) groups excluding carboxylic acids is 3. The molecule has 6 heteroatoms. The fourth-order valence-electron chi connectivity index (χ4n) is 3.62. The highest BCUT2D eigenvalue weighted by atomic mass is 16.5. The van der Waals surface area contributed by atoms with Gasteiger partial charge in [-0.3, -0.25) is 14.4 Å². The zero-order valence-corrected chi connectivity index (χ0v) is 12.7. The van der Waals surface area contributed by atoms with Gasteiger partial charge in [0.1, 0.15) is 5.75 Å². The lowest BCUT2D eigenvalue weighted by Gasteiger charge is -2.20. The Morgan fingerprint density at radius 3 is 2.26 bits per heavy atom. The molecule has 0 radical (unpaired) electrons. The number of fused-ring (bicyclic) bond motifs is 5. The summed E-state index contributed by atoms with van der Waals surface area (Å²) in [5.74, 6) is -1.31. The molecule has 0 N–H and O–H groups in total. The Hall–Kier alpha value is -2.47. The molecule has 2 bridgehead atoms. The van der Waals surface area contributed by atoms with E-state index >= 15 is 0 Å². The van der Waals surface area contributed by atoms with Gasteiger partial charge in [-0.15, -0.1) is 0 Å². The first kappa shape index (κ1) is 14.1. The third kappa shape index (κ3) is 1.81. The van der Waals surface area contributed by atoms with Gasteiger partial charge in [0.05, 0.1) is 36.8 Å². The molecular weight excluding hydrogens is 298 g/mol. The van der Waals surface area contributed by atoms with Crippen molar-refractivity contribution in [1.29, 1.82) is 0 Å². The summed E-state index contributed by atoms with van der Waals surface area (Å²) in [6.07, 6.45) is 3.00. The van der Waals surface area contributed by atoms with Crippen LogP contribution < -0.4 is 9.64 Å². The number of carbonyl (C=O) groups is 3. The molecule has 118 valence electrons. The Kier molecular flexibility index (Phi) is 2.93. The second kappa shape index (κ2) is 4.76. The largest absolute Gasteiger partial charge is 0.495 e. The van der Waals surface area contributed by atoms with E-state index in [-0.39, 0.29) is 29.8 Å². The molecule has 3 heterocycles. The van der Waals surface area contributed by atoms with Crippen LogP contribution in [0, 0.1) is 11.8 Å². The average Bonchev–Trinajstić information content (AvgIpc) is 3.21. The maximum atomic E-state index is 12.8. The lowest BCUT2D eigenvalue weighted by molar-refractivity contribution is -0.124. The smallest absolute Gasteiger partial charge is 0.240 e. The predicted molar refractivity (Wildman–Crippen MR) is 80.3 cm³/mol. The first-order valence-corrected chi connectivity index (χ1v) is 7.43. The molecule has 23 heavy (non-hydrogen) atoms. The second-order valence-corrected chi connectivity index (χ2v) is 5.96. The summed E-state index contributed by atoms with van der Waals surface area (Å²) in [4.78, 5) is 38.4. The summed E-state index contributed by atoms with van der Waals surface area (Å²) in [6, 6.07) is 4.75. The van der Waals surface area contributed by atoms with Gasteiger partial charge in [-0.25, -0.2) is 4.90 Å². The molecule has 6 nitrogen and oxygen atoms in total. The zero-order chi connectivity index (χ0) is 16.3. The molecule has 1 aromatic rings. The van der Waals surface area contributed by atoms with Crippen molar-refractivity contribution in [2.45, 2.75) is 19.1 Å². The van der Waals surface area contributed by atoms with Crippen LogP contribution in [-0.2, 0) is 14.3 Å². The van der Waals surface area contributed by atoms with Crippen molar-refractivity contribution in [3.05, 3.63) is 35.9 Å². The van der Waals surface area contributed by atoms with Crippen LogP contribution in [0.4, 0.5) is 5.69 Å². The molecule has 1 aromatic carbocycles. The number of amides is 2. The van der Waals surface area contributed by atoms with Gasteiger partial charge in [0, 0.05) is 5.56 Å². The van der Waals surface area contributed by atoms with Gasteiger partial charge in [-0.2, -0.15) is 0 Å². The van der Waals surface area contributed by atoms with Crippen molar-refractivity contribution in [3.8, 4) is 5.75 Å². The Morgan fingerprint density at radius 1 is 1.13 bits per heavy atom. The summed E-state index contributed by atoms with van der Waals surface area (Å²) in [7, 11) is 1.46. The van der Waals surface area contributed by atoms with Crippen LogP contribution >= 0.6 is 0 Å². The molecule has 4 rings (SSSR count). The number of imide groups is 1. The number of hydrogen-bond acceptors (Lipinski definition) is 5. The van der Waals surface area contributed by atoms with Crippen molar-refractivity contribution in [2.24, 2.45) is 11.8 Å². The monoisotopic (exact) mass is 313 g/mol. The number of methoxy groups -OCH3 is 1. The summed E-state index contributed by atoms with van der Waals surface area (Å²) in [5, 5.41) is 0. The lowest BCUT2D eigenvalue weighted by Crippen LogP contribution is -2.34. The molecule has 4 atom stereocenters. The molecule has 0 unspecified atom stereocenters. The standard InChI is InChI=1S/C17H15NO5/c1-8(19)9-3-4-11(22-2)10(7-9)18-16(20)14-12-5-6-13(23-12)15(14)17(18)21/h3-7,12-15H,1-2H3/t12-,13-,14-,15+/m1/s1. The molecule has 0 saturated carbocycles. The normalized spacial score (nSPS) is 31.0. The maximum absolute atomic E-state index is 12.8. The van der Waals surface area contributed by atoms with Crippen LogP contribution in [0.15, 0.2) is 30.4 Å². The maximum Gasteiger partial charge on any atom is 0.240 e. The number of Topliss-reactive ketones (excluding diaryl/α,β-unsaturated/α-hetero) is 1. The number of anilines is 1. The van der Waals surface area contributed by atoms with Crippen LogP contribution in [0.3, 0.4) is 0 Å². The van der Waals surface area contributed by atoms with E-state index in [1.165, 1.54) is 20.1 Å². The highest BCUT2D eigenvalue weighted by Gasteiger charge is 2.61. The van der Waals surface area contributed by atoms with E-state index in [1.54, 1.807) is 12.1 Å². The quantitative estimate of drug-likeness (QED) is 0.478. The van der Waals surface area contributed by atoms with E-state index in [4.69, 9.17) is 9.47 Å². The number of ketones is 1. The van der Waals surface area contributed by atoms with E-state index < -0.39 is 11.8 Å². The van der Waals surface area contributed by atoms with Crippen LogP contribution in [0.1, 0.15) is 17.3 Å². The fraction of sp³-hybridized carbons (Fsp3) is 0.353. The first-order valence-electron chi connectivity index (χ1n) is 7.43. The molecule has 0 spiro atoms. The third-order valence-corrected chi connectivity index (χ3v) is 4.74. The summed E-state index contributed by atoms with van der Waals surface area (Å²) in [6.45, 7) is 1.44. The summed E-state index contributed by atoms with van der Waals surface area (Å²) < 4.78 is 10.9. The molecule has 3 aliphatic heterocycles. The van der Waals surface area contributed by atoms with Crippen molar-refractivity contribution >= 4 is 23.3 Å². The van der Waals surface area contributed by atoms with Crippen molar-refractivity contribution in [3.63, 3.8) is 0 Å². The first-order chi connectivity index (χ1) is 11.0. The minimum atomic E-state index is -0.483. The average molecular weight is 313 g/mol. The van der Waals surface area contributed by atoms with Gasteiger partial charge < -0.3 is 9.47 Å². The van der Waals surface area contributed by atoms with E-state index in [0.29, 0.717) is 17.0 Å². The van der Waals surface area contributed by atoms with Crippen LogP contribution in [0.2, 0.25) is 0 Å². The molecule has 0 aliphatic carbocycles. The lowest BCUT2D eigenvalue weighted by atomic mass is 9.85. The highest BCUT2D eigenvalue weighted by molar-refractivity contribution is 6.24. The van der Waals surface area contributed by atoms with E-state index in [1.807, 2.05) is 12.2 Å². The minimum Gasteiger partial charge on any atom is -0.495 e. The molecule has 2 saturated heterocycles. The number of benzene rings is 1. The van der Waals surface area contributed by atoms with Gasteiger partial charge in [0.15, 0.2) is 5.78 Å². The summed E-state index contributed by atoms with van der Waals surface area (Å²) >= 11 is 0. The summed E-state index contributed by atoms with van der Waals surface area (Å²) in [5.41, 5.74) is 0.750. The predicted octanol–water partition coefficient (Wildman–Crippen LogP) is 1.34. The zero-order valence-electron chi connectivity index (χ0n) is 12.7. The molecule has 0 aromatic heterocycles. The molecule has 3 aliphatic rings. The van der Waals surface area contributed by atoms with E-state index in [2.05, 4.69) is 0 Å². The molecule has 2 fully saturated rings. The van der Waals surface area contributed by atoms with Crippen molar-refractivity contribution in [2.75, 3.05) is 12.0 Å². The van der Waals surface area contributed by atoms with Crippen LogP contribution in [0.25, 0.3) is 0 Å². The topological polar surface area (TPSA) is 72.9 Å². The number of rotatable bonds is 3. The number of nitrogens with zero attached hydrogens (tertiary/aromatic N) is 1. The second-order valence-electron chi connectivity index (χ2n) is 5.96. The Balaban J connectivity index is 1.80. The van der Waals surface area contributed by atoms with Gasteiger partial charge in [-0.05, 0) is 25.1 Å². The highest BCUT2D eigenvalue weighted by Crippen LogP contribution is 2.47. The van der Waals surface area contributed by atoms with E-state index in [0.717, 1.165) is 4.90 Å². The third-order valence-electron chi connectivity index (χ3n) is 4.74. The van der Waals surface area contributed by atoms with E-state index in [9.17, 15) is 14.4 Å². The number of hydrogen-bond donors (Lipinski definition) is 0. The Labute approximate surface area is 132 Å². The van der Waals surface area contributed by atoms with Crippen LogP contribution in [0.5, 0.6) is 5.75 Å². The van der Waals surface area contributed by atoms with Gasteiger partial charge in [0.2, 0.25) is 11.8 Å². The Bertz CT molecular complexity index is 738. The van der Waals surface area contributed by atoms with Crippen molar-refractivity contribution < 1.29 is 23.9 Å². The van der Waals surface area contributed by atoms with Gasteiger partial charge in [-0.1, -0.05) is 12.2 Å². The van der Waals surface area contributed by atoms with Gasteiger partial charge >= 0.3 is 0 Å². The minimum absolute atomic E-state index is 0.140.